The van der Waals surface area contributed by atoms with Gasteiger partial charge in [0.25, 0.3) is 0 Å². The van der Waals surface area contributed by atoms with Crippen molar-refractivity contribution in [3.8, 4) is 0 Å². The summed E-state index contributed by atoms with van der Waals surface area (Å²) in [6, 6.07) is 6.16. The molecular formula is C16H17F3N2O3. The summed E-state index contributed by atoms with van der Waals surface area (Å²) in [5.74, 6) is -1.84. The summed E-state index contributed by atoms with van der Waals surface area (Å²) in [7, 11) is 0. The van der Waals surface area contributed by atoms with Crippen LogP contribution in [0.5, 0.6) is 0 Å². The number of rotatable bonds is 4. The molecule has 0 N–H and O–H groups in total. The maximum atomic E-state index is 13.2. The van der Waals surface area contributed by atoms with Gasteiger partial charge in [0.05, 0.1) is 17.1 Å². The molecule has 1 unspecified atom stereocenters. The third kappa shape index (κ3) is 3.69. The van der Waals surface area contributed by atoms with E-state index in [1.165, 1.54) is 12.1 Å². The van der Waals surface area contributed by atoms with Gasteiger partial charge in [-0.3, -0.25) is 4.79 Å². The summed E-state index contributed by atoms with van der Waals surface area (Å²) in [5.41, 5.74) is 0.434. The topological polar surface area (TPSA) is 53.4 Å². The van der Waals surface area contributed by atoms with E-state index in [-0.39, 0.29) is 23.7 Å². The Labute approximate surface area is 136 Å². The number of halogens is 3. The number of aromatic nitrogens is 2. The number of nitrogens with zero attached hydrogens (tertiary/aromatic N) is 2. The van der Waals surface area contributed by atoms with Gasteiger partial charge in [0.15, 0.2) is 0 Å². The first-order chi connectivity index (χ1) is 11.4. The maximum absolute atomic E-state index is 13.2. The van der Waals surface area contributed by atoms with Crippen LogP contribution in [0.2, 0.25) is 0 Å². The van der Waals surface area contributed by atoms with Gasteiger partial charge in [-0.25, -0.2) is 4.98 Å². The quantitative estimate of drug-likeness (QED) is 0.801. The molecule has 1 aliphatic rings. The van der Waals surface area contributed by atoms with Crippen LogP contribution >= 0.6 is 0 Å². The van der Waals surface area contributed by atoms with Gasteiger partial charge >= 0.3 is 12.1 Å². The molecule has 3 rings (SSSR count). The third-order valence-electron chi connectivity index (χ3n) is 3.90. The molecule has 1 atom stereocenters. The van der Waals surface area contributed by atoms with E-state index in [1.807, 2.05) is 0 Å². The van der Waals surface area contributed by atoms with Crippen molar-refractivity contribution in [1.82, 2.24) is 9.55 Å². The van der Waals surface area contributed by atoms with Crippen molar-refractivity contribution in [3.63, 3.8) is 0 Å². The van der Waals surface area contributed by atoms with Crippen molar-refractivity contribution in [2.24, 2.45) is 0 Å². The van der Waals surface area contributed by atoms with Gasteiger partial charge in [-0.05, 0) is 31.4 Å². The Bertz CT molecular complexity index is 721. The fraction of sp³-hybridized carbons (Fsp3) is 0.500. The predicted molar refractivity (Wildman–Crippen MR) is 79.3 cm³/mol. The minimum atomic E-state index is -4.65. The lowest BCUT2D eigenvalue weighted by Gasteiger charge is -2.22. The standard InChI is InChI=1S/C16H17F3N2O3/c17-16(18,19)15-20-12-6-1-2-7-13(12)21(15)9-14(22)24-10-11-5-3-4-8-23-11/h1-2,6-7,11H,3-5,8-10H2. The number of carbonyl (C=O) groups is 1. The van der Waals surface area contributed by atoms with Crippen LogP contribution < -0.4 is 0 Å². The van der Waals surface area contributed by atoms with E-state index in [4.69, 9.17) is 9.47 Å². The van der Waals surface area contributed by atoms with E-state index >= 15 is 0 Å². The lowest BCUT2D eigenvalue weighted by molar-refractivity contribution is -0.153. The number of alkyl halides is 3. The number of benzene rings is 1. The Morgan fingerprint density at radius 3 is 2.83 bits per heavy atom. The summed E-state index contributed by atoms with van der Waals surface area (Å²) in [6.07, 6.45) is -2.07. The van der Waals surface area contributed by atoms with Crippen LogP contribution in [0.1, 0.15) is 25.1 Å². The molecule has 1 fully saturated rings. The monoisotopic (exact) mass is 342 g/mol. The Morgan fingerprint density at radius 2 is 2.12 bits per heavy atom. The lowest BCUT2D eigenvalue weighted by atomic mass is 10.1. The summed E-state index contributed by atoms with van der Waals surface area (Å²) in [5, 5.41) is 0. The number of hydrogen-bond acceptors (Lipinski definition) is 4. The molecule has 130 valence electrons. The predicted octanol–water partition coefficient (Wildman–Crippen LogP) is 3.17. The second-order valence-corrected chi connectivity index (χ2v) is 5.68. The largest absolute Gasteiger partial charge is 0.462 e. The number of imidazole rings is 1. The molecule has 0 aliphatic carbocycles. The zero-order valence-electron chi connectivity index (χ0n) is 12.9. The number of fused-ring (bicyclic) bond motifs is 1. The number of ether oxygens (including phenoxy) is 2. The molecule has 1 aromatic heterocycles. The van der Waals surface area contributed by atoms with Crippen LogP contribution in [0.3, 0.4) is 0 Å². The van der Waals surface area contributed by atoms with Gasteiger partial charge in [-0.2, -0.15) is 13.2 Å². The second kappa shape index (κ2) is 6.80. The van der Waals surface area contributed by atoms with Gasteiger partial charge in [0, 0.05) is 6.61 Å². The van der Waals surface area contributed by atoms with Gasteiger partial charge in [0.1, 0.15) is 13.2 Å². The van der Waals surface area contributed by atoms with E-state index in [1.54, 1.807) is 12.1 Å². The molecule has 0 amide bonds. The maximum Gasteiger partial charge on any atom is 0.449 e. The van der Waals surface area contributed by atoms with Gasteiger partial charge in [-0.1, -0.05) is 12.1 Å². The highest BCUT2D eigenvalue weighted by Gasteiger charge is 2.38. The molecule has 24 heavy (non-hydrogen) atoms. The van der Waals surface area contributed by atoms with Gasteiger partial charge < -0.3 is 14.0 Å². The first kappa shape index (κ1) is 16.8. The van der Waals surface area contributed by atoms with Crippen LogP contribution in [0.15, 0.2) is 24.3 Å². The van der Waals surface area contributed by atoms with Crippen LogP contribution in [0, 0.1) is 0 Å². The average Bonchev–Trinajstić information content (AvgIpc) is 2.93. The highest BCUT2D eigenvalue weighted by Crippen LogP contribution is 2.31. The Balaban J connectivity index is 1.74. The van der Waals surface area contributed by atoms with Crippen molar-refractivity contribution in [3.05, 3.63) is 30.1 Å². The third-order valence-corrected chi connectivity index (χ3v) is 3.90. The van der Waals surface area contributed by atoms with Crippen LogP contribution in [-0.2, 0) is 27.0 Å². The Kier molecular flexibility index (Phi) is 4.75. The Hall–Kier alpha value is -2.09. The van der Waals surface area contributed by atoms with Crippen molar-refractivity contribution in [2.45, 2.75) is 38.1 Å². The summed E-state index contributed by atoms with van der Waals surface area (Å²) < 4.78 is 50.8. The number of esters is 1. The molecule has 1 aromatic carbocycles. The zero-order chi connectivity index (χ0) is 17.2. The van der Waals surface area contributed by atoms with E-state index in [0.717, 1.165) is 23.8 Å². The number of para-hydroxylation sites is 2. The minimum Gasteiger partial charge on any atom is -0.462 e. The molecule has 1 aliphatic heterocycles. The summed E-state index contributed by atoms with van der Waals surface area (Å²) >= 11 is 0. The van der Waals surface area contributed by atoms with Crippen molar-refractivity contribution in [2.75, 3.05) is 13.2 Å². The van der Waals surface area contributed by atoms with Gasteiger partial charge in [-0.15, -0.1) is 0 Å². The molecule has 0 spiro atoms. The van der Waals surface area contributed by atoms with Crippen LogP contribution in [0.25, 0.3) is 11.0 Å². The molecule has 0 radical (unpaired) electrons. The smallest absolute Gasteiger partial charge is 0.449 e. The number of carbonyl (C=O) groups excluding carboxylic acids is 1. The van der Waals surface area contributed by atoms with Crippen molar-refractivity contribution in [1.29, 1.82) is 0 Å². The second-order valence-electron chi connectivity index (χ2n) is 5.68. The SMILES string of the molecule is O=C(Cn1c(C(F)(F)F)nc2ccccc21)OCC1CCCCO1. The zero-order valence-corrected chi connectivity index (χ0v) is 12.9. The van der Waals surface area contributed by atoms with E-state index < -0.39 is 24.5 Å². The van der Waals surface area contributed by atoms with Crippen LogP contribution in [0.4, 0.5) is 13.2 Å². The fourth-order valence-corrected chi connectivity index (χ4v) is 2.75. The molecule has 2 aromatic rings. The van der Waals surface area contributed by atoms with Crippen molar-refractivity contribution < 1.29 is 27.4 Å². The molecule has 5 nitrogen and oxygen atoms in total. The summed E-state index contributed by atoms with van der Waals surface area (Å²) in [6.45, 7) is 0.140. The normalized spacial score (nSPS) is 18.7. The first-order valence-corrected chi connectivity index (χ1v) is 7.75. The molecule has 1 saturated heterocycles. The lowest BCUT2D eigenvalue weighted by Crippen LogP contribution is -2.27. The average molecular weight is 342 g/mol. The highest BCUT2D eigenvalue weighted by molar-refractivity contribution is 5.79. The summed E-state index contributed by atoms with van der Waals surface area (Å²) in [4.78, 5) is 15.6. The first-order valence-electron chi connectivity index (χ1n) is 7.75. The van der Waals surface area contributed by atoms with E-state index in [9.17, 15) is 18.0 Å². The van der Waals surface area contributed by atoms with Crippen molar-refractivity contribution >= 4 is 17.0 Å². The van der Waals surface area contributed by atoms with E-state index in [2.05, 4.69) is 4.98 Å². The molecule has 8 heteroatoms. The molecule has 0 bridgehead atoms. The van der Waals surface area contributed by atoms with E-state index in [0.29, 0.717) is 6.61 Å². The van der Waals surface area contributed by atoms with Crippen LogP contribution in [-0.4, -0.2) is 34.8 Å². The molecule has 0 saturated carbocycles. The highest BCUT2D eigenvalue weighted by atomic mass is 19.4. The minimum absolute atomic E-state index is 0.0623. The number of hydrogen-bond donors (Lipinski definition) is 0. The molecular weight excluding hydrogens is 325 g/mol. The van der Waals surface area contributed by atoms with Gasteiger partial charge in [0.2, 0.25) is 5.82 Å². The fourth-order valence-electron chi connectivity index (χ4n) is 2.75. The Morgan fingerprint density at radius 1 is 1.33 bits per heavy atom. The molecule has 2 heterocycles.